The maximum atomic E-state index is 12.9. The Bertz CT molecular complexity index is 744. The minimum Gasteiger partial charge on any atom is -0.349 e. The van der Waals surface area contributed by atoms with E-state index in [0.717, 1.165) is 70.3 Å². The maximum Gasteiger partial charge on any atom is 0.287 e. The second kappa shape index (κ2) is 8.28. The number of nitrogens with one attached hydrogen (secondary N) is 1. The van der Waals surface area contributed by atoms with E-state index in [-0.39, 0.29) is 11.8 Å². The van der Waals surface area contributed by atoms with Crippen LogP contribution in [0.25, 0.3) is 0 Å². The first-order chi connectivity index (χ1) is 13.2. The van der Waals surface area contributed by atoms with Crippen LogP contribution in [-0.4, -0.2) is 45.9 Å². The number of imidazole rings is 1. The highest BCUT2D eigenvalue weighted by Gasteiger charge is 2.30. The highest BCUT2D eigenvalue weighted by Crippen LogP contribution is 2.24. The van der Waals surface area contributed by atoms with Crippen LogP contribution >= 0.6 is 0 Å². The Morgan fingerprint density at radius 1 is 1.00 bits per heavy atom. The molecule has 0 aromatic carbocycles. The number of aromatic nitrogens is 2. The summed E-state index contributed by atoms with van der Waals surface area (Å²) in [5, 5.41) is 3.03. The summed E-state index contributed by atoms with van der Waals surface area (Å²) in [5.74, 6) is 0.282. The molecule has 146 valence electrons. The minimum absolute atomic E-state index is 0.00422. The third-order valence-corrected chi connectivity index (χ3v) is 6.03. The molecule has 1 aliphatic carbocycles. The number of hydrogen-bond acceptors (Lipinski definition) is 3. The molecule has 1 fully saturated rings. The maximum absolute atomic E-state index is 12.9. The van der Waals surface area contributed by atoms with Crippen LogP contribution in [-0.2, 0) is 13.0 Å². The van der Waals surface area contributed by atoms with E-state index in [1.807, 2.05) is 9.47 Å². The summed E-state index contributed by atoms with van der Waals surface area (Å²) in [6, 6.07) is 0. The van der Waals surface area contributed by atoms with Crippen molar-refractivity contribution >= 4 is 11.8 Å². The number of carbonyl (C=O) groups is 2. The molecule has 0 radical (unpaired) electrons. The zero-order chi connectivity index (χ0) is 18.6. The lowest BCUT2D eigenvalue weighted by molar-refractivity contribution is 0.0786. The molecule has 3 aliphatic rings. The predicted octanol–water partition coefficient (Wildman–Crippen LogP) is 3.08. The molecular weight excluding hydrogens is 340 g/mol. The molecule has 6 heteroatoms. The molecule has 0 bridgehead atoms. The Morgan fingerprint density at radius 2 is 1.78 bits per heavy atom. The lowest BCUT2D eigenvalue weighted by atomic mass is 9.97. The van der Waals surface area contributed by atoms with E-state index in [2.05, 4.69) is 16.4 Å². The SMILES string of the molecule is O=C(NCCC1=CCCCC1)c1nc(C(=O)N2CCCC2)c2n1CCCC2. The van der Waals surface area contributed by atoms with Crippen LogP contribution in [0.2, 0.25) is 0 Å². The number of hydrogen-bond donors (Lipinski definition) is 1. The van der Waals surface area contributed by atoms with Crippen molar-refractivity contribution in [1.29, 1.82) is 0 Å². The Labute approximate surface area is 161 Å². The van der Waals surface area contributed by atoms with Crippen molar-refractivity contribution in [2.75, 3.05) is 19.6 Å². The summed E-state index contributed by atoms with van der Waals surface area (Å²) in [7, 11) is 0. The molecule has 0 spiro atoms. The molecule has 1 saturated heterocycles. The number of fused-ring (bicyclic) bond motifs is 1. The average molecular weight is 370 g/mol. The number of amides is 2. The first kappa shape index (κ1) is 18.3. The van der Waals surface area contributed by atoms with E-state index in [0.29, 0.717) is 18.1 Å². The smallest absolute Gasteiger partial charge is 0.287 e. The largest absolute Gasteiger partial charge is 0.349 e. The normalized spacial score (nSPS) is 19.6. The van der Waals surface area contributed by atoms with Crippen LogP contribution in [0.1, 0.15) is 84.6 Å². The van der Waals surface area contributed by atoms with Gasteiger partial charge >= 0.3 is 0 Å². The van der Waals surface area contributed by atoms with Gasteiger partial charge in [-0.15, -0.1) is 0 Å². The summed E-state index contributed by atoms with van der Waals surface area (Å²) in [6.45, 7) is 3.04. The van der Waals surface area contributed by atoms with Crippen molar-refractivity contribution in [2.45, 2.75) is 70.8 Å². The topological polar surface area (TPSA) is 67.2 Å². The molecule has 1 aromatic rings. The summed E-state index contributed by atoms with van der Waals surface area (Å²) >= 11 is 0. The number of rotatable bonds is 5. The van der Waals surface area contributed by atoms with Gasteiger partial charge in [0.05, 0.1) is 5.69 Å². The van der Waals surface area contributed by atoms with Gasteiger partial charge in [0, 0.05) is 26.2 Å². The summed E-state index contributed by atoms with van der Waals surface area (Å²) < 4.78 is 1.99. The van der Waals surface area contributed by atoms with E-state index >= 15 is 0 Å². The number of carbonyl (C=O) groups excluding carboxylic acids is 2. The van der Waals surface area contributed by atoms with Crippen molar-refractivity contribution in [3.05, 3.63) is 28.9 Å². The Kier molecular flexibility index (Phi) is 5.60. The van der Waals surface area contributed by atoms with E-state index in [1.54, 1.807) is 0 Å². The highest BCUT2D eigenvalue weighted by molar-refractivity contribution is 5.97. The van der Waals surface area contributed by atoms with Crippen LogP contribution in [0.5, 0.6) is 0 Å². The summed E-state index contributed by atoms with van der Waals surface area (Å²) in [4.78, 5) is 32.1. The molecule has 2 amide bonds. The molecule has 1 aromatic heterocycles. The number of likely N-dealkylation sites (tertiary alicyclic amines) is 1. The molecule has 2 aliphatic heterocycles. The lowest BCUT2D eigenvalue weighted by Gasteiger charge is -2.19. The van der Waals surface area contributed by atoms with Gasteiger partial charge in [-0.1, -0.05) is 11.6 Å². The molecule has 0 unspecified atom stereocenters. The van der Waals surface area contributed by atoms with Crippen LogP contribution in [0.15, 0.2) is 11.6 Å². The average Bonchev–Trinajstić information content (AvgIpc) is 3.37. The standard InChI is InChI=1S/C21H30N4O2/c26-20(22-12-11-16-8-2-1-3-9-16)19-23-18(17-10-4-5-15-25(17)19)21(27)24-13-6-7-14-24/h8H,1-7,9-15H2,(H,22,26). The van der Waals surface area contributed by atoms with E-state index < -0.39 is 0 Å². The Balaban J connectivity index is 1.47. The molecule has 4 rings (SSSR count). The van der Waals surface area contributed by atoms with Gasteiger partial charge in [0.25, 0.3) is 11.8 Å². The fraction of sp³-hybridized carbons (Fsp3) is 0.667. The monoisotopic (exact) mass is 370 g/mol. The Morgan fingerprint density at radius 3 is 2.56 bits per heavy atom. The second-order valence-electron chi connectivity index (χ2n) is 7.95. The quantitative estimate of drug-likeness (QED) is 0.810. The van der Waals surface area contributed by atoms with Gasteiger partial charge in [0.2, 0.25) is 0 Å². The minimum atomic E-state index is -0.143. The van der Waals surface area contributed by atoms with E-state index in [1.165, 1.54) is 24.8 Å². The van der Waals surface area contributed by atoms with Gasteiger partial charge in [-0.05, 0) is 64.2 Å². The molecular formula is C21H30N4O2. The molecule has 0 atom stereocenters. The van der Waals surface area contributed by atoms with Crippen LogP contribution in [0.4, 0.5) is 0 Å². The van der Waals surface area contributed by atoms with Crippen molar-refractivity contribution < 1.29 is 9.59 Å². The first-order valence-corrected chi connectivity index (χ1v) is 10.6. The first-order valence-electron chi connectivity index (χ1n) is 10.6. The molecule has 27 heavy (non-hydrogen) atoms. The van der Waals surface area contributed by atoms with Crippen LogP contribution in [0.3, 0.4) is 0 Å². The van der Waals surface area contributed by atoms with Crippen LogP contribution in [0, 0.1) is 0 Å². The van der Waals surface area contributed by atoms with Crippen molar-refractivity contribution in [3.63, 3.8) is 0 Å². The fourth-order valence-electron chi connectivity index (χ4n) is 4.50. The predicted molar refractivity (Wildman–Crippen MR) is 104 cm³/mol. The third kappa shape index (κ3) is 3.94. The number of allylic oxidation sites excluding steroid dienone is 1. The number of nitrogens with zero attached hydrogens (tertiary/aromatic N) is 3. The Hall–Kier alpha value is -2.11. The zero-order valence-electron chi connectivity index (χ0n) is 16.1. The highest BCUT2D eigenvalue weighted by atomic mass is 16.2. The molecule has 6 nitrogen and oxygen atoms in total. The van der Waals surface area contributed by atoms with Crippen molar-refractivity contribution in [3.8, 4) is 0 Å². The van der Waals surface area contributed by atoms with Crippen molar-refractivity contribution in [1.82, 2.24) is 19.8 Å². The van der Waals surface area contributed by atoms with Gasteiger partial charge in [-0.2, -0.15) is 0 Å². The zero-order valence-corrected chi connectivity index (χ0v) is 16.1. The van der Waals surface area contributed by atoms with Gasteiger partial charge < -0.3 is 14.8 Å². The molecule has 1 N–H and O–H groups in total. The fourth-order valence-corrected chi connectivity index (χ4v) is 4.50. The third-order valence-electron chi connectivity index (χ3n) is 6.03. The molecule has 0 saturated carbocycles. The van der Waals surface area contributed by atoms with Gasteiger partial charge in [0.15, 0.2) is 5.82 Å². The summed E-state index contributed by atoms with van der Waals surface area (Å²) in [6.07, 6.45) is 13.1. The second-order valence-corrected chi connectivity index (χ2v) is 7.95. The van der Waals surface area contributed by atoms with Crippen LogP contribution < -0.4 is 5.32 Å². The lowest BCUT2D eigenvalue weighted by Crippen LogP contribution is -2.29. The van der Waals surface area contributed by atoms with Gasteiger partial charge in [-0.3, -0.25) is 9.59 Å². The summed E-state index contributed by atoms with van der Waals surface area (Å²) in [5.41, 5.74) is 2.92. The molecule has 3 heterocycles. The van der Waals surface area contributed by atoms with E-state index in [9.17, 15) is 9.59 Å². The van der Waals surface area contributed by atoms with Gasteiger partial charge in [0.1, 0.15) is 5.69 Å². The van der Waals surface area contributed by atoms with E-state index in [4.69, 9.17) is 0 Å². The van der Waals surface area contributed by atoms with Crippen molar-refractivity contribution in [2.24, 2.45) is 0 Å². The van der Waals surface area contributed by atoms with Gasteiger partial charge in [-0.25, -0.2) is 4.98 Å².